The fourth-order valence-corrected chi connectivity index (χ4v) is 8.28. The lowest BCUT2D eigenvalue weighted by Gasteiger charge is -2.12. The van der Waals surface area contributed by atoms with Crippen molar-refractivity contribution in [2.75, 3.05) is 0 Å². The van der Waals surface area contributed by atoms with Crippen LogP contribution in [0.5, 0.6) is 0 Å². The third kappa shape index (κ3) is 7.09. The molecular weight excluding hydrogens is 675 g/mol. The third-order valence-electron chi connectivity index (χ3n) is 9.83. The molecule has 0 fully saturated rings. The molecule has 0 N–H and O–H groups in total. The van der Waals surface area contributed by atoms with Crippen LogP contribution in [0.25, 0.3) is 48.9 Å². The number of hydrogen-bond donors (Lipinski definition) is 0. The SMILES string of the molecule is C=N/C(=C\C(=NCc1ccc(-n2c3cc(C)c(S/C(=C\CC)c4ccccc4)cc3c3c4ccccc4ccc32)cc1)c1ccccc1)c1ccccc1. The Morgan fingerprint density at radius 2 is 1.31 bits per heavy atom. The fraction of sp³-hybridized carbons (Fsp3) is 0.0800. The number of allylic oxidation sites excluding steroid dienone is 2. The van der Waals surface area contributed by atoms with E-state index in [1.165, 1.54) is 53.5 Å². The van der Waals surface area contributed by atoms with Crippen molar-refractivity contribution in [1.82, 2.24) is 4.57 Å². The summed E-state index contributed by atoms with van der Waals surface area (Å²) in [7, 11) is 0. The second-order valence-corrected chi connectivity index (χ2v) is 14.5. The van der Waals surface area contributed by atoms with E-state index in [1.807, 2.05) is 66.4 Å². The van der Waals surface area contributed by atoms with Gasteiger partial charge in [0.2, 0.25) is 0 Å². The van der Waals surface area contributed by atoms with Crippen LogP contribution < -0.4 is 0 Å². The van der Waals surface area contributed by atoms with Crippen molar-refractivity contribution in [1.29, 1.82) is 0 Å². The molecular formula is C50H41N3S. The Balaban J connectivity index is 1.20. The molecule has 0 spiro atoms. The first-order valence-electron chi connectivity index (χ1n) is 18.4. The minimum Gasteiger partial charge on any atom is -0.309 e. The number of aromatic nitrogens is 1. The molecule has 7 aromatic carbocycles. The first kappa shape index (κ1) is 34.8. The summed E-state index contributed by atoms with van der Waals surface area (Å²) in [6.45, 7) is 8.84. The Kier molecular flexibility index (Phi) is 10.2. The summed E-state index contributed by atoms with van der Waals surface area (Å²) in [5, 5.41) is 5.05. The molecule has 0 aliphatic carbocycles. The average molecular weight is 716 g/mol. The van der Waals surface area contributed by atoms with Crippen molar-refractivity contribution < 1.29 is 0 Å². The van der Waals surface area contributed by atoms with Crippen molar-refractivity contribution in [3.63, 3.8) is 0 Å². The van der Waals surface area contributed by atoms with Crippen molar-refractivity contribution in [2.45, 2.75) is 31.7 Å². The molecule has 8 rings (SSSR count). The van der Waals surface area contributed by atoms with E-state index in [4.69, 9.17) is 4.99 Å². The smallest absolute Gasteiger partial charge is 0.0716 e. The molecule has 1 aromatic heterocycles. The van der Waals surface area contributed by atoms with Crippen molar-refractivity contribution >= 4 is 67.4 Å². The molecule has 3 nitrogen and oxygen atoms in total. The molecule has 0 saturated heterocycles. The lowest BCUT2D eigenvalue weighted by atomic mass is 10.0. The van der Waals surface area contributed by atoms with E-state index in [1.54, 1.807) is 0 Å². The second kappa shape index (κ2) is 15.8. The maximum Gasteiger partial charge on any atom is 0.0716 e. The summed E-state index contributed by atoms with van der Waals surface area (Å²) >= 11 is 1.86. The van der Waals surface area contributed by atoms with Gasteiger partial charge in [-0.15, -0.1) is 0 Å². The Labute approximate surface area is 321 Å². The zero-order valence-electron chi connectivity index (χ0n) is 30.6. The van der Waals surface area contributed by atoms with Crippen LogP contribution in [-0.2, 0) is 6.54 Å². The number of aliphatic imine (C=N–C) groups is 2. The summed E-state index contributed by atoms with van der Waals surface area (Å²) in [4.78, 5) is 12.0. The van der Waals surface area contributed by atoms with Gasteiger partial charge in [-0.1, -0.05) is 158 Å². The summed E-state index contributed by atoms with van der Waals surface area (Å²) in [5.74, 6) is 0. The predicted molar refractivity (Wildman–Crippen MR) is 234 cm³/mol. The topological polar surface area (TPSA) is 29.6 Å². The predicted octanol–water partition coefficient (Wildman–Crippen LogP) is 13.5. The van der Waals surface area contributed by atoms with E-state index in [9.17, 15) is 0 Å². The molecule has 0 saturated carbocycles. The molecule has 1 heterocycles. The highest BCUT2D eigenvalue weighted by atomic mass is 32.2. The largest absolute Gasteiger partial charge is 0.309 e. The lowest BCUT2D eigenvalue weighted by molar-refractivity contribution is 1.06. The second-order valence-electron chi connectivity index (χ2n) is 13.4. The highest BCUT2D eigenvalue weighted by Gasteiger charge is 2.18. The van der Waals surface area contributed by atoms with Crippen molar-refractivity contribution in [3.05, 3.63) is 204 Å². The van der Waals surface area contributed by atoms with Crippen LogP contribution in [-0.4, -0.2) is 17.0 Å². The number of benzene rings is 7. The summed E-state index contributed by atoms with van der Waals surface area (Å²) in [6, 6.07) is 58.0. The molecule has 4 heteroatoms. The lowest BCUT2D eigenvalue weighted by Crippen LogP contribution is -2.00. The van der Waals surface area contributed by atoms with Gasteiger partial charge in [0.05, 0.1) is 29.0 Å². The zero-order chi connectivity index (χ0) is 36.9. The van der Waals surface area contributed by atoms with E-state index in [0.29, 0.717) is 6.54 Å². The molecule has 0 amide bonds. The Morgan fingerprint density at radius 1 is 0.667 bits per heavy atom. The standard InChI is InChI=1S/C50H41N3S/c1-4-16-48(40-22-12-7-13-23-40)54-49-32-43-47(31-35(49)2)53(46-30-27-37-17-14-15-24-42(37)50(43)46)41-28-25-36(26-29-41)34-52-45(39-20-10-6-11-21-39)33-44(51-3)38-18-8-5-9-19-38/h5-33H,3-4,34H2,1-2H3/b44-33-,48-16-,52-45?. The Morgan fingerprint density at radius 3 is 2.00 bits per heavy atom. The van der Waals surface area contributed by atoms with Gasteiger partial charge in [0.1, 0.15) is 0 Å². The van der Waals surface area contributed by atoms with Crippen LogP contribution >= 0.6 is 11.8 Å². The van der Waals surface area contributed by atoms with Gasteiger partial charge >= 0.3 is 0 Å². The molecule has 0 aliphatic heterocycles. The minimum absolute atomic E-state index is 0.534. The highest BCUT2D eigenvalue weighted by Crippen LogP contribution is 2.43. The van der Waals surface area contributed by atoms with Crippen LogP contribution in [0.4, 0.5) is 0 Å². The van der Waals surface area contributed by atoms with E-state index in [0.717, 1.165) is 40.2 Å². The quantitative estimate of drug-likeness (QED) is 0.0968. The molecule has 0 bridgehead atoms. The normalized spacial score (nSPS) is 12.5. The van der Waals surface area contributed by atoms with E-state index < -0.39 is 0 Å². The van der Waals surface area contributed by atoms with Crippen molar-refractivity contribution in [2.24, 2.45) is 9.98 Å². The maximum absolute atomic E-state index is 5.12. The molecule has 0 aliphatic rings. The van der Waals surface area contributed by atoms with Gasteiger partial charge in [0, 0.05) is 31.8 Å². The minimum atomic E-state index is 0.534. The number of rotatable bonds is 11. The van der Waals surface area contributed by atoms with Crippen molar-refractivity contribution in [3.8, 4) is 5.69 Å². The van der Waals surface area contributed by atoms with E-state index >= 15 is 0 Å². The number of fused-ring (bicyclic) bond motifs is 5. The first-order chi connectivity index (χ1) is 26.6. The average Bonchev–Trinajstić information content (AvgIpc) is 3.55. The molecule has 0 unspecified atom stereocenters. The molecule has 0 atom stereocenters. The van der Waals surface area contributed by atoms with Crippen LogP contribution in [0.1, 0.15) is 41.2 Å². The van der Waals surface area contributed by atoms with E-state index in [-0.39, 0.29) is 0 Å². The summed E-state index contributed by atoms with van der Waals surface area (Å²) in [6.07, 6.45) is 5.35. The number of thioether (sulfide) groups is 1. The van der Waals surface area contributed by atoms with Gasteiger partial charge in [-0.2, -0.15) is 0 Å². The fourth-order valence-electron chi connectivity index (χ4n) is 7.14. The number of aryl methyl sites for hydroxylation is 1. The Hall–Kier alpha value is -6.23. The van der Waals surface area contributed by atoms with Crippen LogP contribution in [0, 0.1) is 6.92 Å². The molecule has 54 heavy (non-hydrogen) atoms. The maximum atomic E-state index is 5.12. The number of hydrogen-bond acceptors (Lipinski definition) is 3. The molecule has 262 valence electrons. The zero-order valence-corrected chi connectivity index (χ0v) is 31.4. The van der Waals surface area contributed by atoms with Gasteiger partial charge in [-0.3, -0.25) is 9.98 Å². The van der Waals surface area contributed by atoms with Gasteiger partial charge in [-0.05, 0) is 89.5 Å². The van der Waals surface area contributed by atoms with Gasteiger partial charge in [0.25, 0.3) is 0 Å². The van der Waals surface area contributed by atoms with E-state index in [2.05, 4.69) is 151 Å². The third-order valence-corrected chi connectivity index (χ3v) is 11.1. The summed E-state index contributed by atoms with van der Waals surface area (Å²) < 4.78 is 2.42. The monoisotopic (exact) mass is 715 g/mol. The van der Waals surface area contributed by atoms with Gasteiger partial charge in [0.15, 0.2) is 0 Å². The van der Waals surface area contributed by atoms with Crippen LogP contribution in [0.3, 0.4) is 0 Å². The van der Waals surface area contributed by atoms with Crippen LogP contribution in [0.2, 0.25) is 0 Å². The Bertz CT molecular complexity index is 2690. The highest BCUT2D eigenvalue weighted by molar-refractivity contribution is 8.08. The van der Waals surface area contributed by atoms with Gasteiger partial charge in [-0.25, -0.2) is 0 Å². The summed E-state index contributed by atoms with van der Waals surface area (Å²) in [5.41, 5.74) is 10.9. The molecule has 8 aromatic rings. The number of nitrogens with zero attached hydrogens (tertiary/aromatic N) is 3. The van der Waals surface area contributed by atoms with Crippen LogP contribution in [0.15, 0.2) is 191 Å². The first-order valence-corrected chi connectivity index (χ1v) is 19.3. The molecule has 0 radical (unpaired) electrons. The van der Waals surface area contributed by atoms with Gasteiger partial charge < -0.3 is 4.57 Å².